The highest BCUT2D eigenvalue weighted by molar-refractivity contribution is 7.99. The lowest BCUT2D eigenvalue weighted by Gasteiger charge is -2.04. The molecule has 0 saturated carbocycles. The van der Waals surface area contributed by atoms with E-state index in [2.05, 4.69) is 15.1 Å². The van der Waals surface area contributed by atoms with Crippen LogP contribution in [0.5, 0.6) is 0 Å². The van der Waals surface area contributed by atoms with Crippen molar-refractivity contribution >= 4 is 23.3 Å². The molecule has 0 aliphatic rings. The third kappa shape index (κ3) is 3.48. The Morgan fingerprint density at radius 2 is 1.88 bits per heavy atom. The summed E-state index contributed by atoms with van der Waals surface area (Å²) in [6.07, 6.45) is 1.35. The van der Waals surface area contributed by atoms with Crippen LogP contribution in [0.4, 0.5) is 0 Å². The first kappa shape index (κ1) is 16.6. The molecule has 2 aromatic heterocycles. The molecule has 6 heteroatoms. The van der Waals surface area contributed by atoms with E-state index in [4.69, 9.17) is 0 Å². The largest absolute Gasteiger partial charge is 0.294 e. The van der Waals surface area contributed by atoms with Gasteiger partial charge < -0.3 is 0 Å². The molecule has 5 nitrogen and oxygen atoms in total. The van der Waals surface area contributed by atoms with Crippen molar-refractivity contribution in [3.8, 4) is 0 Å². The Morgan fingerprint density at radius 3 is 2.62 bits per heavy atom. The Bertz CT molecular complexity index is 874. The third-order valence-corrected chi connectivity index (χ3v) is 5.04. The molecule has 2 heterocycles. The van der Waals surface area contributed by atoms with Crippen molar-refractivity contribution in [2.45, 2.75) is 38.8 Å². The standard InChI is InChI=1S/C18H20N4OS/c1-12-13(2)19-17-20-18(21-22(17)14(12)3)24-11-7-10-16(23)15-8-5-4-6-9-15/h4-6,8-9H,7,10-11H2,1-3H3. The third-order valence-electron chi connectivity index (χ3n) is 4.12. The lowest BCUT2D eigenvalue weighted by Crippen LogP contribution is -2.02. The monoisotopic (exact) mass is 340 g/mol. The van der Waals surface area contributed by atoms with E-state index >= 15 is 0 Å². The van der Waals surface area contributed by atoms with Gasteiger partial charge in [-0.2, -0.15) is 4.98 Å². The van der Waals surface area contributed by atoms with Crippen LogP contribution in [0.1, 0.15) is 40.2 Å². The second kappa shape index (κ2) is 7.13. The molecule has 0 N–H and O–H groups in total. The molecular weight excluding hydrogens is 320 g/mol. The van der Waals surface area contributed by atoms with Crippen molar-refractivity contribution in [3.05, 3.63) is 52.8 Å². The molecule has 0 bridgehead atoms. The molecule has 124 valence electrons. The van der Waals surface area contributed by atoms with E-state index in [0.29, 0.717) is 17.4 Å². The zero-order chi connectivity index (χ0) is 17.1. The smallest absolute Gasteiger partial charge is 0.253 e. The topological polar surface area (TPSA) is 60.2 Å². The predicted molar refractivity (Wildman–Crippen MR) is 95.7 cm³/mol. The molecule has 0 aliphatic carbocycles. The minimum absolute atomic E-state index is 0.183. The number of ketones is 1. The molecule has 0 amide bonds. The van der Waals surface area contributed by atoms with Gasteiger partial charge in [0.1, 0.15) is 0 Å². The van der Waals surface area contributed by atoms with Gasteiger partial charge in [-0.25, -0.2) is 9.50 Å². The van der Waals surface area contributed by atoms with Crippen molar-refractivity contribution in [1.82, 2.24) is 19.6 Å². The van der Waals surface area contributed by atoms with Crippen LogP contribution in [0, 0.1) is 20.8 Å². The van der Waals surface area contributed by atoms with Gasteiger partial charge in [0.15, 0.2) is 5.78 Å². The van der Waals surface area contributed by atoms with E-state index in [1.807, 2.05) is 51.1 Å². The lowest BCUT2D eigenvalue weighted by molar-refractivity contribution is 0.0982. The van der Waals surface area contributed by atoms with Gasteiger partial charge >= 0.3 is 0 Å². The minimum Gasteiger partial charge on any atom is -0.294 e. The van der Waals surface area contributed by atoms with E-state index in [0.717, 1.165) is 34.7 Å². The molecule has 0 atom stereocenters. The first-order chi connectivity index (χ1) is 11.6. The predicted octanol–water partition coefficient (Wildman–Crippen LogP) is 3.80. The molecule has 0 saturated heterocycles. The highest BCUT2D eigenvalue weighted by Crippen LogP contribution is 2.19. The van der Waals surface area contributed by atoms with Crippen molar-refractivity contribution in [3.63, 3.8) is 0 Å². The average molecular weight is 340 g/mol. The summed E-state index contributed by atoms with van der Waals surface area (Å²) in [6.45, 7) is 6.05. The van der Waals surface area contributed by atoms with E-state index in [1.165, 1.54) is 0 Å². The van der Waals surface area contributed by atoms with Crippen LogP contribution < -0.4 is 0 Å². The molecule has 0 aliphatic heterocycles. The summed E-state index contributed by atoms with van der Waals surface area (Å²) in [5.41, 5.74) is 3.96. The number of aromatic nitrogens is 4. The fourth-order valence-corrected chi connectivity index (χ4v) is 3.22. The highest BCUT2D eigenvalue weighted by Gasteiger charge is 2.11. The molecule has 3 aromatic rings. The summed E-state index contributed by atoms with van der Waals surface area (Å²) < 4.78 is 1.79. The number of Topliss-reactive ketones (excluding diaryl/α,β-unsaturated/α-hetero) is 1. The normalized spacial score (nSPS) is 11.1. The fraction of sp³-hybridized carbons (Fsp3) is 0.333. The van der Waals surface area contributed by atoms with E-state index in [-0.39, 0.29) is 5.78 Å². The fourth-order valence-electron chi connectivity index (χ4n) is 2.46. The van der Waals surface area contributed by atoms with Crippen LogP contribution in [-0.2, 0) is 0 Å². The van der Waals surface area contributed by atoms with E-state index in [1.54, 1.807) is 16.3 Å². The first-order valence-corrected chi connectivity index (χ1v) is 8.96. The Balaban J connectivity index is 1.58. The summed E-state index contributed by atoms with van der Waals surface area (Å²) >= 11 is 1.57. The van der Waals surface area contributed by atoms with Gasteiger partial charge in [0.25, 0.3) is 5.78 Å². The number of nitrogens with zero attached hydrogens (tertiary/aromatic N) is 4. The molecule has 0 radical (unpaired) electrons. The van der Waals surface area contributed by atoms with Gasteiger partial charge in [-0.15, -0.1) is 5.10 Å². The number of thioether (sulfide) groups is 1. The van der Waals surface area contributed by atoms with Gasteiger partial charge in [-0.05, 0) is 32.8 Å². The van der Waals surface area contributed by atoms with Crippen LogP contribution in [0.2, 0.25) is 0 Å². The maximum Gasteiger partial charge on any atom is 0.253 e. The van der Waals surface area contributed by atoms with E-state index in [9.17, 15) is 4.79 Å². The highest BCUT2D eigenvalue weighted by atomic mass is 32.2. The van der Waals surface area contributed by atoms with Crippen molar-refractivity contribution in [2.75, 3.05) is 5.75 Å². The SMILES string of the molecule is Cc1nc2nc(SCCCC(=O)c3ccccc3)nn2c(C)c1C. The molecule has 0 unspecified atom stereocenters. The Morgan fingerprint density at radius 1 is 1.12 bits per heavy atom. The summed E-state index contributed by atoms with van der Waals surface area (Å²) in [6, 6.07) is 9.42. The Labute approximate surface area is 145 Å². The molecule has 1 aromatic carbocycles. The van der Waals surface area contributed by atoms with Crippen molar-refractivity contribution in [2.24, 2.45) is 0 Å². The van der Waals surface area contributed by atoms with Gasteiger partial charge in [0, 0.05) is 29.1 Å². The Kier molecular flexibility index (Phi) is 4.94. The zero-order valence-corrected chi connectivity index (χ0v) is 14.9. The van der Waals surface area contributed by atoms with Crippen LogP contribution in [0.15, 0.2) is 35.5 Å². The maximum atomic E-state index is 12.1. The maximum absolute atomic E-state index is 12.1. The Hall–Kier alpha value is -2.21. The van der Waals surface area contributed by atoms with Gasteiger partial charge in [0.2, 0.25) is 5.16 Å². The summed E-state index contributed by atoms with van der Waals surface area (Å²) in [7, 11) is 0. The van der Waals surface area contributed by atoms with Crippen LogP contribution in [0.25, 0.3) is 5.78 Å². The zero-order valence-electron chi connectivity index (χ0n) is 14.1. The number of rotatable bonds is 6. The van der Waals surface area contributed by atoms with Gasteiger partial charge in [-0.1, -0.05) is 42.1 Å². The van der Waals surface area contributed by atoms with Crippen LogP contribution in [-0.4, -0.2) is 31.1 Å². The second-order valence-electron chi connectivity index (χ2n) is 5.76. The van der Waals surface area contributed by atoms with E-state index < -0.39 is 0 Å². The van der Waals surface area contributed by atoms with Gasteiger partial charge in [-0.3, -0.25) is 4.79 Å². The molecule has 0 fully saturated rings. The molecule has 0 spiro atoms. The molecule has 3 rings (SSSR count). The lowest BCUT2D eigenvalue weighted by atomic mass is 10.1. The summed E-state index contributed by atoms with van der Waals surface area (Å²) in [5.74, 6) is 1.63. The second-order valence-corrected chi connectivity index (χ2v) is 6.82. The number of fused-ring (bicyclic) bond motifs is 1. The summed E-state index contributed by atoms with van der Waals surface area (Å²) in [5, 5.41) is 5.22. The number of hydrogen-bond donors (Lipinski definition) is 0. The number of aryl methyl sites for hydroxylation is 2. The van der Waals surface area contributed by atoms with Crippen molar-refractivity contribution in [1.29, 1.82) is 0 Å². The van der Waals surface area contributed by atoms with Crippen molar-refractivity contribution < 1.29 is 4.79 Å². The molecular formula is C18H20N4OS. The molecule has 24 heavy (non-hydrogen) atoms. The van der Waals surface area contributed by atoms with Crippen LogP contribution >= 0.6 is 11.8 Å². The number of benzene rings is 1. The number of carbonyl (C=O) groups is 1. The summed E-state index contributed by atoms with van der Waals surface area (Å²) in [4.78, 5) is 21.0. The average Bonchev–Trinajstić information content (AvgIpc) is 3.00. The quantitative estimate of drug-likeness (QED) is 0.388. The number of hydrogen-bond acceptors (Lipinski definition) is 5. The number of carbonyl (C=O) groups excluding carboxylic acids is 1. The first-order valence-electron chi connectivity index (χ1n) is 7.98. The van der Waals surface area contributed by atoms with Gasteiger partial charge in [0.05, 0.1) is 0 Å². The van der Waals surface area contributed by atoms with Crippen LogP contribution in [0.3, 0.4) is 0 Å². The minimum atomic E-state index is 0.183.